The van der Waals surface area contributed by atoms with Crippen LogP contribution in [0.3, 0.4) is 0 Å². The standard InChI is InChI=1S/C13H9F3N2O2/c14-8-2-3-9(15)12(6-8)20-11-4-1-7(5-10(11)16)13(17)18-19/h1-6,19H,(H2,17,18). The van der Waals surface area contributed by atoms with Gasteiger partial charge in [-0.2, -0.15) is 0 Å². The zero-order valence-electron chi connectivity index (χ0n) is 9.98. The molecule has 2 aromatic carbocycles. The molecular weight excluding hydrogens is 273 g/mol. The average Bonchev–Trinajstić information content (AvgIpc) is 2.44. The van der Waals surface area contributed by atoms with Gasteiger partial charge in [0.1, 0.15) is 5.82 Å². The van der Waals surface area contributed by atoms with Crippen molar-refractivity contribution in [2.24, 2.45) is 10.9 Å². The number of ether oxygens (including phenoxy) is 1. The van der Waals surface area contributed by atoms with Gasteiger partial charge >= 0.3 is 0 Å². The van der Waals surface area contributed by atoms with Crippen LogP contribution in [0.5, 0.6) is 11.5 Å². The highest BCUT2D eigenvalue weighted by Gasteiger charge is 2.11. The molecule has 0 amide bonds. The number of nitrogens with zero attached hydrogens (tertiary/aromatic N) is 1. The maximum absolute atomic E-state index is 13.7. The number of nitrogens with two attached hydrogens (primary N) is 1. The molecule has 2 aromatic rings. The molecule has 0 aliphatic rings. The van der Waals surface area contributed by atoms with Crippen molar-refractivity contribution >= 4 is 5.84 Å². The molecule has 4 nitrogen and oxygen atoms in total. The van der Waals surface area contributed by atoms with E-state index in [9.17, 15) is 13.2 Å². The first kappa shape index (κ1) is 13.7. The van der Waals surface area contributed by atoms with Crippen LogP contribution < -0.4 is 10.5 Å². The van der Waals surface area contributed by atoms with Crippen LogP contribution >= 0.6 is 0 Å². The molecule has 0 fully saturated rings. The summed E-state index contributed by atoms with van der Waals surface area (Å²) in [6.07, 6.45) is 0. The van der Waals surface area contributed by atoms with E-state index in [1.165, 1.54) is 6.07 Å². The lowest BCUT2D eigenvalue weighted by molar-refractivity contribution is 0.318. The normalized spacial score (nSPS) is 11.4. The summed E-state index contributed by atoms with van der Waals surface area (Å²) < 4.78 is 45.0. The van der Waals surface area contributed by atoms with Gasteiger partial charge in [0.25, 0.3) is 0 Å². The first-order chi connectivity index (χ1) is 9.51. The summed E-state index contributed by atoms with van der Waals surface area (Å²) >= 11 is 0. The highest BCUT2D eigenvalue weighted by molar-refractivity contribution is 5.97. The van der Waals surface area contributed by atoms with Crippen LogP contribution in [0.15, 0.2) is 41.6 Å². The third-order valence-electron chi connectivity index (χ3n) is 2.45. The van der Waals surface area contributed by atoms with Gasteiger partial charge in [-0.25, -0.2) is 13.2 Å². The average molecular weight is 282 g/mol. The Hall–Kier alpha value is -2.70. The zero-order valence-corrected chi connectivity index (χ0v) is 9.98. The van der Waals surface area contributed by atoms with Gasteiger partial charge in [0.05, 0.1) is 0 Å². The van der Waals surface area contributed by atoms with Crippen LogP contribution in [-0.4, -0.2) is 11.0 Å². The second-order valence-corrected chi connectivity index (χ2v) is 3.81. The van der Waals surface area contributed by atoms with Gasteiger partial charge in [-0.1, -0.05) is 5.16 Å². The predicted molar refractivity (Wildman–Crippen MR) is 65.3 cm³/mol. The topological polar surface area (TPSA) is 67.8 Å². The van der Waals surface area contributed by atoms with E-state index in [1.54, 1.807) is 0 Å². The molecule has 0 saturated carbocycles. The summed E-state index contributed by atoms with van der Waals surface area (Å²) in [5, 5.41) is 11.2. The van der Waals surface area contributed by atoms with E-state index in [-0.39, 0.29) is 17.1 Å². The molecule has 0 aliphatic carbocycles. The molecule has 0 bridgehead atoms. The van der Waals surface area contributed by atoms with Crippen LogP contribution in [0.1, 0.15) is 5.56 Å². The Morgan fingerprint density at radius 1 is 1.00 bits per heavy atom. The number of oxime groups is 1. The lowest BCUT2D eigenvalue weighted by atomic mass is 10.2. The van der Waals surface area contributed by atoms with Gasteiger partial charge in [0.2, 0.25) is 0 Å². The van der Waals surface area contributed by atoms with E-state index in [1.807, 2.05) is 0 Å². The smallest absolute Gasteiger partial charge is 0.170 e. The van der Waals surface area contributed by atoms with Crippen molar-refractivity contribution in [2.75, 3.05) is 0 Å². The third-order valence-corrected chi connectivity index (χ3v) is 2.45. The third kappa shape index (κ3) is 2.82. The van der Waals surface area contributed by atoms with Gasteiger partial charge in [-0.3, -0.25) is 0 Å². The fourth-order valence-corrected chi connectivity index (χ4v) is 1.47. The molecule has 0 unspecified atom stereocenters. The molecule has 0 saturated heterocycles. The predicted octanol–water partition coefficient (Wildman–Crippen LogP) is 2.99. The highest BCUT2D eigenvalue weighted by Crippen LogP contribution is 2.27. The monoisotopic (exact) mass is 282 g/mol. The summed E-state index contributed by atoms with van der Waals surface area (Å²) in [4.78, 5) is 0. The second kappa shape index (κ2) is 5.52. The SMILES string of the molecule is NC(=NO)c1ccc(Oc2cc(F)ccc2F)c(F)c1. The van der Waals surface area contributed by atoms with E-state index in [4.69, 9.17) is 15.7 Å². The van der Waals surface area contributed by atoms with Crippen molar-refractivity contribution in [3.63, 3.8) is 0 Å². The largest absolute Gasteiger partial charge is 0.451 e. The molecule has 20 heavy (non-hydrogen) atoms. The Bertz CT molecular complexity index is 675. The molecule has 0 heterocycles. The summed E-state index contributed by atoms with van der Waals surface area (Å²) in [6, 6.07) is 6.00. The Kier molecular flexibility index (Phi) is 3.79. The maximum Gasteiger partial charge on any atom is 0.170 e. The number of benzene rings is 2. The molecule has 104 valence electrons. The van der Waals surface area contributed by atoms with Crippen molar-refractivity contribution < 1.29 is 23.1 Å². The number of halogens is 3. The highest BCUT2D eigenvalue weighted by atomic mass is 19.1. The van der Waals surface area contributed by atoms with Gasteiger partial charge in [-0.15, -0.1) is 0 Å². The lowest BCUT2D eigenvalue weighted by Crippen LogP contribution is -2.13. The van der Waals surface area contributed by atoms with Crippen molar-refractivity contribution in [1.29, 1.82) is 0 Å². The first-order valence-corrected chi connectivity index (χ1v) is 5.41. The molecule has 0 atom stereocenters. The van der Waals surface area contributed by atoms with E-state index in [0.29, 0.717) is 0 Å². The number of rotatable bonds is 3. The van der Waals surface area contributed by atoms with E-state index < -0.39 is 23.2 Å². The van der Waals surface area contributed by atoms with Gasteiger partial charge in [0.15, 0.2) is 29.0 Å². The van der Waals surface area contributed by atoms with Crippen LogP contribution in [0.25, 0.3) is 0 Å². The summed E-state index contributed by atoms with van der Waals surface area (Å²) in [5.74, 6) is -3.45. The Labute approximate surface area is 111 Å². The molecule has 0 aliphatic heterocycles. The van der Waals surface area contributed by atoms with Gasteiger partial charge in [0, 0.05) is 11.6 Å². The number of hydrogen-bond acceptors (Lipinski definition) is 3. The van der Waals surface area contributed by atoms with Crippen LogP contribution in [0.4, 0.5) is 13.2 Å². The van der Waals surface area contributed by atoms with E-state index in [0.717, 1.165) is 30.3 Å². The molecule has 0 aromatic heterocycles. The Balaban J connectivity index is 2.33. The molecule has 0 spiro atoms. The first-order valence-electron chi connectivity index (χ1n) is 5.41. The van der Waals surface area contributed by atoms with Crippen molar-refractivity contribution in [1.82, 2.24) is 0 Å². The molecule has 0 radical (unpaired) electrons. The molecular formula is C13H9F3N2O2. The van der Waals surface area contributed by atoms with Crippen molar-refractivity contribution in [2.45, 2.75) is 0 Å². The minimum atomic E-state index is -0.863. The minimum Gasteiger partial charge on any atom is -0.451 e. The van der Waals surface area contributed by atoms with E-state index in [2.05, 4.69) is 5.16 Å². The fourth-order valence-electron chi connectivity index (χ4n) is 1.47. The van der Waals surface area contributed by atoms with Crippen molar-refractivity contribution in [3.8, 4) is 11.5 Å². The quantitative estimate of drug-likeness (QED) is 0.393. The van der Waals surface area contributed by atoms with Gasteiger partial charge < -0.3 is 15.7 Å². The minimum absolute atomic E-state index is 0.122. The van der Waals surface area contributed by atoms with E-state index >= 15 is 0 Å². The fraction of sp³-hybridized carbons (Fsp3) is 0. The molecule has 2 rings (SSSR count). The Morgan fingerprint density at radius 2 is 1.75 bits per heavy atom. The number of hydrogen-bond donors (Lipinski definition) is 2. The van der Waals surface area contributed by atoms with Crippen LogP contribution in [0.2, 0.25) is 0 Å². The van der Waals surface area contributed by atoms with Crippen LogP contribution in [0, 0.1) is 17.5 Å². The summed E-state index contributed by atoms with van der Waals surface area (Å²) in [5.41, 5.74) is 5.41. The second-order valence-electron chi connectivity index (χ2n) is 3.81. The maximum atomic E-state index is 13.7. The van der Waals surface area contributed by atoms with Gasteiger partial charge in [-0.05, 0) is 30.3 Å². The molecule has 3 N–H and O–H groups in total. The number of amidine groups is 1. The van der Waals surface area contributed by atoms with Crippen molar-refractivity contribution in [3.05, 3.63) is 59.4 Å². The summed E-state index contributed by atoms with van der Waals surface area (Å²) in [7, 11) is 0. The Morgan fingerprint density at radius 3 is 2.40 bits per heavy atom. The summed E-state index contributed by atoms with van der Waals surface area (Å²) in [6.45, 7) is 0. The molecule has 7 heteroatoms. The lowest BCUT2D eigenvalue weighted by Gasteiger charge is -2.08. The van der Waals surface area contributed by atoms with Crippen LogP contribution in [-0.2, 0) is 0 Å². The zero-order chi connectivity index (χ0) is 14.7.